The van der Waals surface area contributed by atoms with E-state index in [2.05, 4.69) is 10.3 Å². The lowest BCUT2D eigenvalue weighted by molar-refractivity contribution is 0.0916. The van der Waals surface area contributed by atoms with E-state index < -0.39 is 6.10 Å². The largest absolute Gasteiger partial charge is 0.387 e. The summed E-state index contributed by atoms with van der Waals surface area (Å²) in [6.45, 7) is 1.95. The Labute approximate surface area is 144 Å². The maximum Gasteiger partial charge on any atom is 0.330 e. The number of nitrogens with zero attached hydrogens (tertiary/aromatic N) is 1. The van der Waals surface area contributed by atoms with Crippen LogP contribution in [-0.2, 0) is 0 Å². The van der Waals surface area contributed by atoms with E-state index in [1.165, 1.54) is 4.57 Å². The van der Waals surface area contributed by atoms with Gasteiger partial charge in [-0.05, 0) is 36.8 Å². The summed E-state index contributed by atoms with van der Waals surface area (Å²) in [7, 11) is 0. The third kappa shape index (κ3) is 3.70. The third-order valence-corrected chi connectivity index (χ3v) is 3.99. The number of hydrogen-bond donors (Lipinski definition) is 3. The molecule has 0 saturated carbocycles. The van der Waals surface area contributed by atoms with Gasteiger partial charge in [-0.1, -0.05) is 30.3 Å². The number of rotatable bonds is 5. The number of benzene rings is 2. The van der Waals surface area contributed by atoms with Gasteiger partial charge in [-0.2, -0.15) is 0 Å². The number of aliphatic hydroxyl groups excluding tert-OH is 1. The highest BCUT2D eigenvalue weighted by Crippen LogP contribution is 2.12. The molecule has 0 unspecified atom stereocenters. The number of carbonyl (C=O) groups is 1. The number of aryl methyl sites for hydroxylation is 1. The minimum atomic E-state index is -0.759. The second kappa shape index (κ2) is 7.19. The smallest absolute Gasteiger partial charge is 0.330 e. The number of hydrogen-bond acceptors (Lipinski definition) is 3. The number of aromatic nitrogens is 2. The molecule has 0 bridgehead atoms. The van der Waals surface area contributed by atoms with Crippen LogP contribution in [0.5, 0.6) is 0 Å². The summed E-state index contributed by atoms with van der Waals surface area (Å²) in [5, 5.41) is 12.8. The Bertz CT molecular complexity index is 911. The number of aromatic amines is 1. The maximum atomic E-state index is 12.2. The fraction of sp³-hybridized carbons (Fsp3) is 0.158. The summed E-state index contributed by atoms with van der Waals surface area (Å²) in [6.07, 6.45) is 0.874. The van der Waals surface area contributed by atoms with Crippen molar-refractivity contribution in [3.05, 3.63) is 88.1 Å². The van der Waals surface area contributed by atoms with Crippen LogP contribution in [-0.4, -0.2) is 27.1 Å². The highest BCUT2D eigenvalue weighted by molar-refractivity contribution is 5.94. The van der Waals surface area contributed by atoms with Gasteiger partial charge in [0, 0.05) is 24.0 Å². The van der Waals surface area contributed by atoms with Gasteiger partial charge in [-0.3, -0.25) is 9.36 Å². The van der Waals surface area contributed by atoms with Gasteiger partial charge in [0.1, 0.15) is 0 Å². The molecule has 2 aromatic carbocycles. The molecule has 6 nitrogen and oxygen atoms in total. The van der Waals surface area contributed by atoms with Crippen LogP contribution in [0.3, 0.4) is 0 Å². The number of nitrogens with one attached hydrogen (secondary N) is 2. The van der Waals surface area contributed by atoms with Crippen LogP contribution >= 0.6 is 0 Å². The first-order chi connectivity index (χ1) is 12.1. The zero-order valence-electron chi connectivity index (χ0n) is 13.8. The van der Waals surface area contributed by atoms with Gasteiger partial charge in [0.25, 0.3) is 5.91 Å². The van der Waals surface area contributed by atoms with Crippen molar-refractivity contribution in [2.75, 3.05) is 6.54 Å². The van der Waals surface area contributed by atoms with Gasteiger partial charge in [-0.15, -0.1) is 0 Å². The standard InChI is InChI=1S/C19H19N3O3/c1-13-11-21-19(25)22(13)16-9-7-15(8-10-16)18(24)20-12-17(23)14-5-3-2-4-6-14/h2-11,17,23H,12H2,1H3,(H,20,24)(H,21,25)/t17-/m0/s1. The van der Waals surface area contributed by atoms with Gasteiger partial charge < -0.3 is 15.4 Å². The van der Waals surface area contributed by atoms with E-state index >= 15 is 0 Å². The second-order valence-electron chi connectivity index (χ2n) is 5.75. The Hall–Kier alpha value is -3.12. The molecule has 25 heavy (non-hydrogen) atoms. The second-order valence-corrected chi connectivity index (χ2v) is 5.75. The normalized spacial score (nSPS) is 11.9. The molecule has 0 fully saturated rings. The molecule has 3 N–H and O–H groups in total. The van der Waals surface area contributed by atoms with Crippen molar-refractivity contribution in [3.63, 3.8) is 0 Å². The lowest BCUT2D eigenvalue weighted by Crippen LogP contribution is -2.28. The topological polar surface area (TPSA) is 87.1 Å². The first kappa shape index (κ1) is 16.7. The average Bonchev–Trinajstić information content (AvgIpc) is 2.98. The molecule has 1 atom stereocenters. The molecule has 0 aliphatic carbocycles. The maximum absolute atomic E-state index is 12.2. The van der Waals surface area contributed by atoms with E-state index in [-0.39, 0.29) is 18.1 Å². The van der Waals surface area contributed by atoms with Gasteiger partial charge in [0.05, 0.1) is 11.8 Å². The third-order valence-electron chi connectivity index (χ3n) is 3.99. The molecule has 6 heteroatoms. The molecule has 1 heterocycles. The summed E-state index contributed by atoms with van der Waals surface area (Å²) >= 11 is 0. The van der Waals surface area contributed by atoms with Gasteiger partial charge in [-0.25, -0.2) is 4.79 Å². The highest BCUT2D eigenvalue weighted by Gasteiger charge is 2.11. The van der Waals surface area contributed by atoms with E-state index in [1.807, 2.05) is 37.3 Å². The molecule has 0 aliphatic rings. The number of amides is 1. The SMILES string of the molecule is Cc1c[nH]c(=O)n1-c1ccc(C(=O)NC[C@H](O)c2ccccc2)cc1. The number of imidazole rings is 1. The lowest BCUT2D eigenvalue weighted by atomic mass is 10.1. The van der Waals surface area contributed by atoms with Gasteiger partial charge in [0.2, 0.25) is 0 Å². The Morgan fingerprint density at radius 3 is 2.44 bits per heavy atom. The zero-order valence-corrected chi connectivity index (χ0v) is 13.8. The van der Waals surface area contributed by atoms with E-state index in [0.29, 0.717) is 11.3 Å². The molecule has 128 valence electrons. The van der Waals surface area contributed by atoms with Crippen molar-refractivity contribution >= 4 is 5.91 Å². The van der Waals surface area contributed by atoms with E-state index in [9.17, 15) is 14.7 Å². The lowest BCUT2D eigenvalue weighted by Gasteiger charge is -2.12. The first-order valence-corrected chi connectivity index (χ1v) is 7.95. The number of aliphatic hydroxyl groups is 1. The van der Waals surface area contributed by atoms with Crippen LogP contribution in [0, 0.1) is 6.92 Å². The summed E-state index contributed by atoms with van der Waals surface area (Å²) in [6, 6.07) is 15.9. The highest BCUT2D eigenvalue weighted by atomic mass is 16.3. The zero-order chi connectivity index (χ0) is 17.8. The summed E-state index contributed by atoms with van der Waals surface area (Å²) in [5.74, 6) is -0.278. The van der Waals surface area contributed by atoms with E-state index in [1.54, 1.807) is 30.5 Å². The average molecular weight is 337 g/mol. The molecular weight excluding hydrogens is 318 g/mol. The van der Waals surface area contributed by atoms with Crippen molar-refractivity contribution < 1.29 is 9.90 Å². The van der Waals surface area contributed by atoms with Crippen LogP contribution in [0.2, 0.25) is 0 Å². The first-order valence-electron chi connectivity index (χ1n) is 7.95. The van der Waals surface area contributed by atoms with E-state index in [0.717, 1.165) is 11.3 Å². The Kier molecular flexibility index (Phi) is 4.81. The fourth-order valence-electron chi connectivity index (χ4n) is 2.62. The van der Waals surface area contributed by atoms with Gasteiger partial charge >= 0.3 is 5.69 Å². The molecule has 1 aromatic heterocycles. The summed E-state index contributed by atoms with van der Waals surface area (Å²) in [5.41, 5.74) is 2.46. The van der Waals surface area contributed by atoms with Crippen LogP contribution < -0.4 is 11.0 Å². The van der Waals surface area contributed by atoms with Crippen molar-refractivity contribution in [3.8, 4) is 5.69 Å². The fourth-order valence-corrected chi connectivity index (χ4v) is 2.62. The number of carbonyl (C=O) groups excluding carboxylic acids is 1. The number of H-pyrrole nitrogens is 1. The Morgan fingerprint density at radius 1 is 1.16 bits per heavy atom. The predicted octanol–water partition coefficient (Wildman–Crippen LogP) is 1.94. The van der Waals surface area contributed by atoms with Crippen LogP contribution in [0.1, 0.15) is 27.7 Å². The summed E-state index contributed by atoms with van der Waals surface area (Å²) in [4.78, 5) is 26.6. The molecular formula is C19H19N3O3. The monoisotopic (exact) mass is 337 g/mol. The van der Waals surface area contributed by atoms with Crippen molar-refractivity contribution in [1.29, 1.82) is 0 Å². The van der Waals surface area contributed by atoms with Crippen molar-refractivity contribution in [1.82, 2.24) is 14.9 Å². The van der Waals surface area contributed by atoms with Crippen molar-refractivity contribution in [2.45, 2.75) is 13.0 Å². The molecule has 0 saturated heterocycles. The van der Waals surface area contributed by atoms with Gasteiger partial charge in [0.15, 0.2) is 0 Å². The predicted molar refractivity (Wildman–Crippen MR) is 94.9 cm³/mol. The minimum absolute atomic E-state index is 0.126. The molecule has 1 amide bonds. The van der Waals surface area contributed by atoms with Crippen LogP contribution in [0.4, 0.5) is 0 Å². The molecule has 0 radical (unpaired) electrons. The molecule has 0 spiro atoms. The molecule has 0 aliphatic heterocycles. The summed E-state index contributed by atoms with van der Waals surface area (Å²) < 4.78 is 1.53. The van der Waals surface area contributed by atoms with Crippen LogP contribution in [0.15, 0.2) is 65.6 Å². The Balaban J connectivity index is 1.66. The van der Waals surface area contributed by atoms with Crippen LogP contribution in [0.25, 0.3) is 5.69 Å². The van der Waals surface area contributed by atoms with Crippen molar-refractivity contribution in [2.24, 2.45) is 0 Å². The molecule has 3 rings (SSSR count). The Morgan fingerprint density at radius 2 is 1.84 bits per heavy atom. The quantitative estimate of drug-likeness (QED) is 0.665. The minimum Gasteiger partial charge on any atom is -0.387 e. The molecule has 3 aromatic rings. The van der Waals surface area contributed by atoms with E-state index in [4.69, 9.17) is 0 Å².